The Balaban J connectivity index is 1.43. The first-order chi connectivity index (χ1) is 14.7. The maximum absolute atomic E-state index is 13.6. The van der Waals surface area contributed by atoms with Crippen molar-refractivity contribution in [3.8, 4) is 6.07 Å². The van der Waals surface area contributed by atoms with Gasteiger partial charge >= 0.3 is 0 Å². The van der Waals surface area contributed by atoms with Crippen LogP contribution in [0.5, 0.6) is 0 Å². The number of nitriles is 1. The molecule has 2 aliphatic carbocycles. The normalized spacial score (nSPS) is 27.5. The number of likely N-dealkylation sites (tertiary alicyclic amines) is 1. The van der Waals surface area contributed by atoms with Crippen LogP contribution in [-0.4, -0.2) is 23.3 Å². The Morgan fingerprint density at radius 1 is 1.03 bits per heavy atom. The SMILES string of the molecule is N#Cc1ccc2c(c1)C13CCCCC1C(C2=O)N(Cc1ccc2ccccc2c1)C3. The Hall–Kier alpha value is -2.96. The molecule has 0 aromatic heterocycles. The zero-order valence-electron chi connectivity index (χ0n) is 17.0. The number of Topliss-reactive ketones (excluding diaryl/α,β-unsaturated/α-hetero) is 1. The lowest BCUT2D eigenvalue weighted by atomic mass is 9.58. The van der Waals surface area contributed by atoms with E-state index in [0.29, 0.717) is 11.5 Å². The minimum atomic E-state index is -0.0304. The highest BCUT2D eigenvalue weighted by Crippen LogP contribution is 2.56. The van der Waals surface area contributed by atoms with E-state index >= 15 is 0 Å². The molecule has 3 heteroatoms. The molecule has 3 aliphatic rings. The molecule has 3 nitrogen and oxygen atoms in total. The highest BCUT2D eigenvalue weighted by molar-refractivity contribution is 6.04. The second-order valence-electron chi connectivity index (χ2n) is 9.28. The van der Waals surface area contributed by atoms with Crippen molar-refractivity contribution in [2.45, 2.75) is 43.7 Å². The molecule has 0 spiro atoms. The van der Waals surface area contributed by atoms with Crippen LogP contribution in [0.15, 0.2) is 60.7 Å². The molecule has 6 rings (SSSR count). The van der Waals surface area contributed by atoms with Crippen molar-refractivity contribution in [3.63, 3.8) is 0 Å². The molecule has 1 aliphatic heterocycles. The highest BCUT2D eigenvalue weighted by Gasteiger charge is 2.60. The second kappa shape index (κ2) is 6.52. The average molecular weight is 393 g/mol. The molecule has 0 radical (unpaired) electrons. The largest absolute Gasteiger partial charge is 0.292 e. The molecule has 0 amide bonds. The third-order valence-electron chi connectivity index (χ3n) is 7.78. The van der Waals surface area contributed by atoms with Crippen molar-refractivity contribution in [2.24, 2.45) is 5.92 Å². The molecule has 3 aromatic carbocycles. The fraction of sp³-hybridized carbons (Fsp3) is 0.333. The number of fused-ring (bicyclic) bond motifs is 2. The van der Waals surface area contributed by atoms with Crippen LogP contribution in [0.4, 0.5) is 0 Å². The maximum atomic E-state index is 13.6. The van der Waals surface area contributed by atoms with E-state index in [1.807, 2.05) is 18.2 Å². The fourth-order valence-corrected chi connectivity index (χ4v) is 6.53. The van der Waals surface area contributed by atoms with Gasteiger partial charge in [0.1, 0.15) is 0 Å². The zero-order chi connectivity index (χ0) is 20.3. The van der Waals surface area contributed by atoms with Crippen molar-refractivity contribution in [1.82, 2.24) is 4.90 Å². The summed E-state index contributed by atoms with van der Waals surface area (Å²) >= 11 is 0. The third kappa shape index (κ3) is 2.44. The van der Waals surface area contributed by atoms with Crippen molar-refractivity contribution >= 4 is 16.6 Å². The van der Waals surface area contributed by atoms with Gasteiger partial charge < -0.3 is 0 Å². The van der Waals surface area contributed by atoms with Gasteiger partial charge in [0.2, 0.25) is 0 Å². The van der Waals surface area contributed by atoms with E-state index in [0.717, 1.165) is 37.1 Å². The fourth-order valence-electron chi connectivity index (χ4n) is 6.53. The Bertz CT molecular complexity index is 1220. The molecule has 2 fully saturated rings. The standard InChI is InChI=1S/C27H24N2O/c28-15-18-9-11-22-24(14-18)27-12-4-3-7-23(27)25(26(22)30)29(17-27)16-19-8-10-20-5-1-2-6-21(20)13-19/h1-2,5-6,8-11,13-14,23,25H,3-4,7,12,16-17H2. The van der Waals surface area contributed by atoms with Crippen molar-refractivity contribution in [2.75, 3.05) is 6.54 Å². The molecule has 0 N–H and O–H groups in total. The van der Waals surface area contributed by atoms with E-state index in [2.05, 4.69) is 53.4 Å². The van der Waals surface area contributed by atoms with Gasteiger partial charge in [-0.25, -0.2) is 0 Å². The minimum Gasteiger partial charge on any atom is -0.292 e. The van der Waals surface area contributed by atoms with Crippen LogP contribution in [0.2, 0.25) is 0 Å². The number of nitrogens with zero attached hydrogens (tertiary/aromatic N) is 2. The third-order valence-corrected chi connectivity index (χ3v) is 7.78. The second-order valence-corrected chi connectivity index (χ2v) is 9.28. The summed E-state index contributed by atoms with van der Waals surface area (Å²) in [5.74, 6) is 0.635. The Morgan fingerprint density at radius 3 is 2.77 bits per heavy atom. The number of hydrogen-bond donors (Lipinski definition) is 0. The van der Waals surface area contributed by atoms with E-state index in [-0.39, 0.29) is 17.2 Å². The lowest BCUT2D eigenvalue weighted by Crippen LogP contribution is -2.47. The molecule has 30 heavy (non-hydrogen) atoms. The molecule has 3 aromatic rings. The smallest absolute Gasteiger partial charge is 0.180 e. The van der Waals surface area contributed by atoms with Gasteiger partial charge in [0.15, 0.2) is 5.78 Å². The van der Waals surface area contributed by atoms with Crippen LogP contribution in [0.3, 0.4) is 0 Å². The number of hydrogen-bond acceptors (Lipinski definition) is 3. The zero-order valence-corrected chi connectivity index (χ0v) is 17.0. The van der Waals surface area contributed by atoms with Crippen LogP contribution < -0.4 is 0 Å². The summed E-state index contributed by atoms with van der Waals surface area (Å²) < 4.78 is 0. The van der Waals surface area contributed by atoms with E-state index in [4.69, 9.17) is 0 Å². The predicted molar refractivity (Wildman–Crippen MR) is 117 cm³/mol. The maximum Gasteiger partial charge on any atom is 0.180 e. The van der Waals surface area contributed by atoms with Crippen molar-refractivity contribution in [1.29, 1.82) is 5.26 Å². The van der Waals surface area contributed by atoms with Gasteiger partial charge in [-0.05, 0) is 64.9 Å². The minimum absolute atomic E-state index is 0.0237. The average Bonchev–Trinajstić information content (AvgIpc) is 3.08. The first kappa shape index (κ1) is 17.9. The number of benzene rings is 3. The molecule has 1 saturated heterocycles. The molecular weight excluding hydrogens is 368 g/mol. The van der Waals surface area contributed by atoms with E-state index < -0.39 is 0 Å². The molecule has 2 bridgehead atoms. The summed E-state index contributed by atoms with van der Waals surface area (Å²) in [5, 5.41) is 12.0. The summed E-state index contributed by atoms with van der Waals surface area (Å²) in [7, 11) is 0. The molecule has 3 unspecified atom stereocenters. The number of carbonyl (C=O) groups is 1. The van der Waals surface area contributed by atoms with Gasteiger partial charge in [-0.15, -0.1) is 0 Å². The Kier molecular flexibility index (Phi) is 3.88. The lowest BCUT2D eigenvalue weighted by Gasteiger charge is -2.44. The summed E-state index contributed by atoms with van der Waals surface area (Å²) in [5.41, 5.74) is 3.97. The first-order valence-corrected chi connectivity index (χ1v) is 11.0. The van der Waals surface area contributed by atoms with Crippen molar-refractivity contribution in [3.05, 3.63) is 82.9 Å². The topological polar surface area (TPSA) is 44.1 Å². The van der Waals surface area contributed by atoms with Gasteiger partial charge in [0, 0.05) is 24.1 Å². The molecule has 1 heterocycles. The number of ketones is 1. The quantitative estimate of drug-likeness (QED) is 0.600. The Labute approximate surface area is 176 Å². The van der Waals surface area contributed by atoms with Crippen LogP contribution in [0, 0.1) is 17.2 Å². The van der Waals surface area contributed by atoms with Crippen LogP contribution in [-0.2, 0) is 12.0 Å². The highest BCUT2D eigenvalue weighted by atomic mass is 16.1. The van der Waals surface area contributed by atoms with Crippen molar-refractivity contribution < 1.29 is 4.79 Å². The molecule has 148 valence electrons. The number of carbonyl (C=O) groups excluding carboxylic acids is 1. The van der Waals surface area contributed by atoms with Crippen LogP contribution >= 0.6 is 0 Å². The van der Waals surface area contributed by atoms with E-state index in [9.17, 15) is 10.1 Å². The predicted octanol–water partition coefficient (Wildman–Crippen LogP) is 5.22. The van der Waals surface area contributed by atoms with Gasteiger partial charge in [0.25, 0.3) is 0 Å². The summed E-state index contributed by atoms with van der Waals surface area (Å²) in [6.45, 7) is 1.72. The van der Waals surface area contributed by atoms with Crippen LogP contribution in [0.1, 0.15) is 52.7 Å². The van der Waals surface area contributed by atoms with Gasteiger partial charge in [-0.2, -0.15) is 5.26 Å². The summed E-state index contributed by atoms with van der Waals surface area (Å²) in [4.78, 5) is 16.1. The van der Waals surface area contributed by atoms with E-state index in [1.165, 1.54) is 29.2 Å². The van der Waals surface area contributed by atoms with Crippen LogP contribution in [0.25, 0.3) is 10.8 Å². The molecular formula is C27H24N2O. The molecule has 1 saturated carbocycles. The molecule has 3 atom stereocenters. The first-order valence-electron chi connectivity index (χ1n) is 11.0. The van der Waals surface area contributed by atoms with Gasteiger partial charge in [-0.1, -0.05) is 49.2 Å². The Morgan fingerprint density at radius 2 is 1.90 bits per heavy atom. The van der Waals surface area contributed by atoms with Gasteiger partial charge in [0.05, 0.1) is 17.7 Å². The monoisotopic (exact) mass is 392 g/mol. The summed E-state index contributed by atoms with van der Waals surface area (Å²) in [6, 6.07) is 23.1. The lowest BCUT2D eigenvalue weighted by molar-refractivity contribution is 0.0779. The van der Waals surface area contributed by atoms with E-state index in [1.54, 1.807) is 0 Å². The number of rotatable bonds is 2. The summed E-state index contributed by atoms with van der Waals surface area (Å²) in [6.07, 6.45) is 4.64. The van der Waals surface area contributed by atoms with Gasteiger partial charge in [-0.3, -0.25) is 9.69 Å².